The van der Waals surface area contributed by atoms with Gasteiger partial charge in [-0.2, -0.15) is 0 Å². The normalized spacial score (nSPS) is 12.4. The van der Waals surface area contributed by atoms with Crippen molar-refractivity contribution in [2.24, 2.45) is 0 Å². The number of aryl methyl sites for hydroxylation is 1. The number of nitrogens with zero attached hydrogens (tertiary/aromatic N) is 2. The van der Waals surface area contributed by atoms with Crippen LogP contribution in [-0.4, -0.2) is 28.0 Å². The van der Waals surface area contributed by atoms with Crippen molar-refractivity contribution in [2.45, 2.75) is 26.3 Å². The van der Waals surface area contributed by atoms with Crippen molar-refractivity contribution in [1.82, 2.24) is 9.55 Å². The molecule has 8 heteroatoms. The van der Waals surface area contributed by atoms with Gasteiger partial charge in [-0.1, -0.05) is 6.07 Å². The van der Waals surface area contributed by atoms with E-state index in [0.29, 0.717) is 34.6 Å². The molecule has 4 rings (SSSR count). The molecule has 2 aromatic carbocycles. The standard InChI is InChI=1S/C21H20N4O4/c1-13(26)22-14-4-2-5-15(10-14)23-20(27)12-29-16-7-8-18-17(11-16)21(28)25-9-3-6-19(25)24-18/h2,4-5,7-8,10-11H,3,6,9,12H2,1H3,(H,22,26)(H,23,27). The summed E-state index contributed by atoms with van der Waals surface area (Å²) in [6, 6.07) is 11.9. The van der Waals surface area contributed by atoms with E-state index in [1.54, 1.807) is 47.0 Å². The molecule has 0 aliphatic carbocycles. The summed E-state index contributed by atoms with van der Waals surface area (Å²) in [5.74, 6) is 0.701. The SMILES string of the molecule is CC(=O)Nc1cccc(NC(=O)COc2ccc3nc4n(c(=O)c3c2)CCC4)c1. The van der Waals surface area contributed by atoms with Crippen molar-refractivity contribution in [3.05, 3.63) is 58.6 Å². The second kappa shape index (κ2) is 7.75. The predicted molar refractivity (Wildman–Crippen MR) is 109 cm³/mol. The number of ether oxygens (including phenoxy) is 1. The van der Waals surface area contributed by atoms with Crippen LogP contribution >= 0.6 is 0 Å². The summed E-state index contributed by atoms with van der Waals surface area (Å²) >= 11 is 0. The molecule has 2 heterocycles. The molecule has 2 amide bonds. The lowest BCUT2D eigenvalue weighted by atomic mass is 10.2. The van der Waals surface area contributed by atoms with Crippen LogP contribution in [0.2, 0.25) is 0 Å². The maximum absolute atomic E-state index is 12.6. The number of hydrogen-bond acceptors (Lipinski definition) is 5. The van der Waals surface area contributed by atoms with Crippen molar-refractivity contribution in [3.63, 3.8) is 0 Å². The third kappa shape index (κ3) is 4.11. The maximum atomic E-state index is 12.6. The maximum Gasteiger partial charge on any atom is 0.262 e. The second-order valence-electron chi connectivity index (χ2n) is 6.87. The van der Waals surface area contributed by atoms with Crippen LogP contribution < -0.4 is 20.9 Å². The number of carbonyl (C=O) groups excluding carboxylic acids is 2. The number of benzene rings is 2. The van der Waals surface area contributed by atoms with Gasteiger partial charge < -0.3 is 15.4 Å². The van der Waals surface area contributed by atoms with E-state index in [-0.39, 0.29) is 24.0 Å². The van der Waals surface area contributed by atoms with E-state index in [0.717, 1.165) is 18.7 Å². The quantitative estimate of drug-likeness (QED) is 0.694. The molecule has 8 nitrogen and oxygen atoms in total. The lowest BCUT2D eigenvalue weighted by Crippen LogP contribution is -2.22. The predicted octanol–water partition coefficient (Wildman–Crippen LogP) is 2.32. The second-order valence-corrected chi connectivity index (χ2v) is 6.87. The van der Waals surface area contributed by atoms with Crippen LogP contribution in [0.5, 0.6) is 5.75 Å². The van der Waals surface area contributed by atoms with Gasteiger partial charge in [0.1, 0.15) is 11.6 Å². The molecule has 29 heavy (non-hydrogen) atoms. The number of nitrogens with one attached hydrogen (secondary N) is 2. The molecule has 1 aliphatic heterocycles. The van der Waals surface area contributed by atoms with Crippen molar-refractivity contribution < 1.29 is 14.3 Å². The molecule has 0 fully saturated rings. The summed E-state index contributed by atoms with van der Waals surface area (Å²) in [5, 5.41) is 5.86. The summed E-state index contributed by atoms with van der Waals surface area (Å²) in [5.41, 5.74) is 1.69. The zero-order chi connectivity index (χ0) is 20.4. The van der Waals surface area contributed by atoms with Gasteiger partial charge in [0.2, 0.25) is 5.91 Å². The highest BCUT2D eigenvalue weighted by Crippen LogP contribution is 2.20. The molecule has 0 atom stereocenters. The van der Waals surface area contributed by atoms with Crippen molar-refractivity contribution in [3.8, 4) is 5.75 Å². The Bertz CT molecular complexity index is 1170. The van der Waals surface area contributed by atoms with Gasteiger partial charge in [0.15, 0.2) is 6.61 Å². The van der Waals surface area contributed by atoms with Gasteiger partial charge in [0, 0.05) is 31.3 Å². The Labute approximate surface area is 166 Å². The summed E-state index contributed by atoms with van der Waals surface area (Å²) in [6.07, 6.45) is 1.73. The van der Waals surface area contributed by atoms with Crippen LogP contribution in [0, 0.1) is 0 Å². The molecule has 148 valence electrons. The Morgan fingerprint density at radius 2 is 1.93 bits per heavy atom. The molecule has 0 saturated carbocycles. The summed E-state index contributed by atoms with van der Waals surface area (Å²) in [7, 11) is 0. The number of aromatic nitrogens is 2. The number of fused-ring (bicyclic) bond motifs is 2. The first kappa shape index (κ1) is 18.7. The molecule has 0 unspecified atom stereocenters. The van der Waals surface area contributed by atoms with Gasteiger partial charge in [-0.25, -0.2) is 4.98 Å². The van der Waals surface area contributed by atoms with Gasteiger partial charge >= 0.3 is 0 Å². The Morgan fingerprint density at radius 3 is 2.72 bits per heavy atom. The van der Waals surface area contributed by atoms with E-state index in [9.17, 15) is 14.4 Å². The van der Waals surface area contributed by atoms with Crippen LogP contribution in [0.15, 0.2) is 47.3 Å². The smallest absolute Gasteiger partial charge is 0.262 e. The van der Waals surface area contributed by atoms with Crippen LogP contribution in [0.4, 0.5) is 11.4 Å². The Hall–Kier alpha value is -3.68. The van der Waals surface area contributed by atoms with Crippen LogP contribution in [-0.2, 0) is 22.6 Å². The molecule has 1 aliphatic rings. The van der Waals surface area contributed by atoms with Crippen LogP contribution in [0.1, 0.15) is 19.2 Å². The monoisotopic (exact) mass is 392 g/mol. The van der Waals surface area contributed by atoms with E-state index in [2.05, 4.69) is 15.6 Å². The lowest BCUT2D eigenvalue weighted by Gasteiger charge is -2.10. The molecular formula is C21H20N4O4. The van der Waals surface area contributed by atoms with E-state index in [1.807, 2.05) is 0 Å². The van der Waals surface area contributed by atoms with E-state index in [4.69, 9.17) is 4.74 Å². The number of hydrogen-bond donors (Lipinski definition) is 2. The van der Waals surface area contributed by atoms with Crippen molar-refractivity contribution in [1.29, 1.82) is 0 Å². The minimum Gasteiger partial charge on any atom is -0.484 e. The number of rotatable bonds is 5. The Balaban J connectivity index is 1.44. The summed E-state index contributed by atoms with van der Waals surface area (Å²) in [6.45, 7) is 1.88. The zero-order valence-corrected chi connectivity index (χ0v) is 15.9. The molecule has 0 saturated heterocycles. The average Bonchev–Trinajstić information content (AvgIpc) is 3.15. The van der Waals surface area contributed by atoms with Gasteiger partial charge in [-0.15, -0.1) is 0 Å². The molecule has 3 aromatic rings. The third-order valence-corrected chi connectivity index (χ3v) is 4.62. The molecular weight excluding hydrogens is 372 g/mol. The Kier molecular flexibility index (Phi) is 4.99. The van der Waals surface area contributed by atoms with Gasteiger partial charge in [-0.05, 0) is 42.8 Å². The fraction of sp³-hybridized carbons (Fsp3) is 0.238. The van der Waals surface area contributed by atoms with Crippen molar-refractivity contribution in [2.75, 3.05) is 17.2 Å². The highest BCUT2D eigenvalue weighted by molar-refractivity contribution is 5.94. The first-order valence-corrected chi connectivity index (χ1v) is 9.33. The number of amides is 2. The summed E-state index contributed by atoms with van der Waals surface area (Å²) in [4.78, 5) is 40.5. The molecule has 0 bridgehead atoms. The van der Waals surface area contributed by atoms with Crippen molar-refractivity contribution >= 4 is 34.1 Å². The van der Waals surface area contributed by atoms with E-state index in [1.165, 1.54) is 6.92 Å². The highest BCUT2D eigenvalue weighted by Gasteiger charge is 2.16. The fourth-order valence-corrected chi connectivity index (χ4v) is 3.38. The van der Waals surface area contributed by atoms with Crippen LogP contribution in [0.25, 0.3) is 10.9 Å². The fourth-order valence-electron chi connectivity index (χ4n) is 3.38. The van der Waals surface area contributed by atoms with E-state index < -0.39 is 0 Å². The van der Waals surface area contributed by atoms with Gasteiger partial charge in [0.25, 0.3) is 11.5 Å². The lowest BCUT2D eigenvalue weighted by molar-refractivity contribution is -0.118. The highest BCUT2D eigenvalue weighted by atomic mass is 16.5. The molecule has 2 N–H and O–H groups in total. The zero-order valence-electron chi connectivity index (χ0n) is 15.9. The molecule has 0 spiro atoms. The first-order valence-electron chi connectivity index (χ1n) is 9.33. The van der Waals surface area contributed by atoms with Gasteiger partial charge in [0.05, 0.1) is 10.9 Å². The van der Waals surface area contributed by atoms with E-state index >= 15 is 0 Å². The largest absolute Gasteiger partial charge is 0.484 e. The van der Waals surface area contributed by atoms with Crippen LogP contribution in [0.3, 0.4) is 0 Å². The topological polar surface area (TPSA) is 102 Å². The minimum absolute atomic E-state index is 0.0767. The minimum atomic E-state index is -0.353. The average molecular weight is 392 g/mol. The first-order chi connectivity index (χ1) is 14.0. The number of anilines is 2. The Morgan fingerprint density at radius 1 is 1.14 bits per heavy atom. The summed E-state index contributed by atoms with van der Waals surface area (Å²) < 4.78 is 7.25. The molecule has 0 radical (unpaired) electrons. The molecule has 1 aromatic heterocycles. The number of carbonyl (C=O) groups is 2. The third-order valence-electron chi connectivity index (χ3n) is 4.62. The van der Waals surface area contributed by atoms with Gasteiger partial charge in [-0.3, -0.25) is 19.0 Å².